The number of nitrogens with two attached hydrogens (primary N) is 1. The number of rotatable bonds is 2. The van der Waals surface area contributed by atoms with E-state index >= 15 is 0 Å². The van der Waals surface area contributed by atoms with E-state index in [1.54, 1.807) is 37.3 Å². The van der Waals surface area contributed by atoms with Gasteiger partial charge in [-0.3, -0.25) is 4.98 Å². The predicted octanol–water partition coefficient (Wildman–Crippen LogP) is 1.67. The van der Waals surface area contributed by atoms with Crippen molar-refractivity contribution in [3.8, 4) is 0 Å². The van der Waals surface area contributed by atoms with Crippen molar-refractivity contribution in [3.05, 3.63) is 48.8 Å². The summed E-state index contributed by atoms with van der Waals surface area (Å²) in [6.07, 6.45) is 2.82. The lowest BCUT2D eigenvalue weighted by atomic mass is 10.2. The number of aromatic nitrogens is 1. The SMILES string of the molecule is CC(N)C1=Nc2ccncc2S(=O)(=O)N1c1ccccc1. The second-order valence-corrected chi connectivity index (χ2v) is 6.46. The van der Waals surface area contributed by atoms with E-state index < -0.39 is 16.1 Å². The minimum atomic E-state index is -3.77. The first-order valence-corrected chi connectivity index (χ1v) is 7.84. The highest BCUT2D eigenvalue weighted by Gasteiger charge is 2.36. The number of pyridine rings is 1. The van der Waals surface area contributed by atoms with E-state index in [0.717, 1.165) is 0 Å². The number of fused-ring (bicyclic) bond motifs is 1. The van der Waals surface area contributed by atoms with E-state index in [1.807, 2.05) is 6.07 Å². The number of hydrogen-bond acceptors (Lipinski definition) is 5. The molecular formula is C14H14N4O2S. The standard InChI is InChI=1S/C14H14N4O2S/c1-10(15)14-17-12-7-8-16-9-13(12)21(19,20)18(14)11-5-3-2-4-6-11/h2-10H,15H2,1H3. The van der Waals surface area contributed by atoms with Crippen LogP contribution >= 0.6 is 0 Å². The molecule has 1 unspecified atom stereocenters. The summed E-state index contributed by atoms with van der Waals surface area (Å²) in [5.74, 6) is 0.292. The first kappa shape index (κ1) is 13.7. The quantitative estimate of drug-likeness (QED) is 0.914. The molecule has 21 heavy (non-hydrogen) atoms. The Labute approximate surface area is 123 Å². The van der Waals surface area contributed by atoms with Crippen LogP contribution in [-0.2, 0) is 10.0 Å². The number of nitrogens with zero attached hydrogens (tertiary/aromatic N) is 3. The number of para-hydroxylation sites is 1. The molecule has 2 heterocycles. The molecule has 3 rings (SSSR count). The number of hydrogen-bond donors (Lipinski definition) is 1. The fourth-order valence-corrected chi connectivity index (χ4v) is 3.80. The van der Waals surface area contributed by atoms with Crippen LogP contribution in [0.25, 0.3) is 0 Å². The minimum Gasteiger partial charge on any atom is -0.322 e. The van der Waals surface area contributed by atoms with Crippen LogP contribution in [0.2, 0.25) is 0 Å². The zero-order chi connectivity index (χ0) is 15.0. The molecule has 7 heteroatoms. The van der Waals surface area contributed by atoms with Crippen LogP contribution in [0.4, 0.5) is 11.4 Å². The lowest BCUT2D eigenvalue weighted by Gasteiger charge is -2.31. The van der Waals surface area contributed by atoms with Crippen LogP contribution in [0.5, 0.6) is 0 Å². The summed E-state index contributed by atoms with van der Waals surface area (Å²) >= 11 is 0. The highest BCUT2D eigenvalue weighted by atomic mass is 32.2. The van der Waals surface area contributed by atoms with Gasteiger partial charge in [-0.1, -0.05) is 18.2 Å². The third kappa shape index (κ3) is 2.20. The van der Waals surface area contributed by atoms with Gasteiger partial charge < -0.3 is 5.73 Å². The normalized spacial score (nSPS) is 17.8. The van der Waals surface area contributed by atoms with Crippen molar-refractivity contribution in [1.82, 2.24) is 4.98 Å². The van der Waals surface area contributed by atoms with Gasteiger partial charge in [0.1, 0.15) is 10.7 Å². The fraction of sp³-hybridized carbons (Fsp3) is 0.143. The van der Waals surface area contributed by atoms with Gasteiger partial charge in [0.15, 0.2) is 0 Å². The zero-order valence-electron chi connectivity index (χ0n) is 11.3. The van der Waals surface area contributed by atoms with E-state index in [-0.39, 0.29) is 4.90 Å². The molecule has 0 bridgehead atoms. The van der Waals surface area contributed by atoms with Gasteiger partial charge in [0.2, 0.25) is 0 Å². The number of benzene rings is 1. The van der Waals surface area contributed by atoms with Crippen LogP contribution < -0.4 is 10.0 Å². The second kappa shape index (κ2) is 4.94. The van der Waals surface area contributed by atoms with Crippen molar-refractivity contribution in [2.75, 3.05) is 4.31 Å². The van der Waals surface area contributed by atoms with Gasteiger partial charge in [-0.2, -0.15) is 0 Å². The number of aliphatic imine (C=N–C) groups is 1. The lowest BCUT2D eigenvalue weighted by molar-refractivity contribution is 0.595. The molecule has 1 aromatic heterocycles. The third-order valence-electron chi connectivity index (χ3n) is 3.12. The van der Waals surface area contributed by atoms with Crippen molar-refractivity contribution in [1.29, 1.82) is 0 Å². The highest BCUT2D eigenvalue weighted by Crippen LogP contribution is 2.34. The number of sulfonamides is 1. The summed E-state index contributed by atoms with van der Waals surface area (Å²) in [5, 5.41) is 0. The lowest BCUT2D eigenvalue weighted by Crippen LogP contribution is -2.47. The highest BCUT2D eigenvalue weighted by molar-refractivity contribution is 7.93. The molecule has 1 atom stereocenters. The molecule has 0 amide bonds. The summed E-state index contributed by atoms with van der Waals surface area (Å²) in [4.78, 5) is 8.36. The summed E-state index contributed by atoms with van der Waals surface area (Å²) < 4.78 is 26.9. The summed E-state index contributed by atoms with van der Waals surface area (Å²) in [6.45, 7) is 1.70. The van der Waals surface area contributed by atoms with E-state index in [9.17, 15) is 8.42 Å². The van der Waals surface area contributed by atoms with Gasteiger partial charge in [-0.15, -0.1) is 0 Å². The molecule has 108 valence electrons. The molecule has 1 aromatic carbocycles. The average molecular weight is 302 g/mol. The maximum absolute atomic E-state index is 12.9. The maximum atomic E-state index is 12.9. The molecule has 0 spiro atoms. The van der Waals surface area contributed by atoms with Crippen LogP contribution in [-0.4, -0.2) is 25.3 Å². The van der Waals surface area contributed by atoms with Gasteiger partial charge in [0.25, 0.3) is 10.0 Å². The largest absolute Gasteiger partial charge is 0.322 e. The van der Waals surface area contributed by atoms with Crippen molar-refractivity contribution in [2.45, 2.75) is 17.9 Å². The smallest absolute Gasteiger partial charge is 0.273 e. The van der Waals surface area contributed by atoms with E-state index in [2.05, 4.69) is 9.98 Å². The molecule has 0 fully saturated rings. The Morgan fingerprint density at radius 2 is 1.90 bits per heavy atom. The Hall–Kier alpha value is -2.25. The Morgan fingerprint density at radius 1 is 1.19 bits per heavy atom. The van der Waals surface area contributed by atoms with Crippen molar-refractivity contribution < 1.29 is 8.42 Å². The Balaban J connectivity index is 2.29. The van der Waals surface area contributed by atoms with E-state index in [0.29, 0.717) is 17.2 Å². The van der Waals surface area contributed by atoms with Gasteiger partial charge in [0.05, 0.1) is 17.4 Å². The fourth-order valence-electron chi connectivity index (χ4n) is 2.18. The minimum absolute atomic E-state index is 0.0817. The molecule has 0 radical (unpaired) electrons. The monoisotopic (exact) mass is 302 g/mol. The van der Waals surface area contributed by atoms with Gasteiger partial charge in [-0.05, 0) is 25.1 Å². The van der Waals surface area contributed by atoms with Crippen molar-refractivity contribution in [2.24, 2.45) is 10.7 Å². The molecular weight excluding hydrogens is 288 g/mol. The maximum Gasteiger partial charge on any atom is 0.273 e. The van der Waals surface area contributed by atoms with Crippen LogP contribution in [0.1, 0.15) is 6.92 Å². The first-order chi connectivity index (χ1) is 10.0. The molecule has 0 saturated heterocycles. The summed E-state index contributed by atoms with van der Waals surface area (Å²) in [6, 6.07) is 9.80. The second-order valence-electron chi connectivity index (χ2n) is 4.71. The molecule has 6 nitrogen and oxygen atoms in total. The number of amidine groups is 1. The molecule has 0 saturated carbocycles. The third-order valence-corrected chi connectivity index (χ3v) is 4.87. The Bertz CT molecular complexity index is 801. The molecule has 0 aliphatic carbocycles. The van der Waals surface area contributed by atoms with E-state index in [4.69, 9.17) is 5.73 Å². The molecule has 1 aliphatic rings. The summed E-state index contributed by atoms with van der Waals surface area (Å²) in [5.41, 5.74) is 6.79. The zero-order valence-corrected chi connectivity index (χ0v) is 12.2. The molecule has 2 aromatic rings. The Kier molecular flexibility index (Phi) is 3.23. The van der Waals surface area contributed by atoms with Crippen molar-refractivity contribution >= 4 is 27.2 Å². The Morgan fingerprint density at radius 3 is 2.57 bits per heavy atom. The van der Waals surface area contributed by atoms with Gasteiger partial charge >= 0.3 is 0 Å². The van der Waals surface area contributed by atoms with Crippen LogP contribution in [0, 0.1) is 0 Å². The molecule has 1 aliphatic heterocycles. The van der Waals surface area contributed by atoms with Crippen LogP contribution in [0.15, 0.2) is 58.7 Å². The van der Waals surface area contributed by atoms with Gasteiger partial charge in [-0.25, -0.2) is 17.7 Å². The van der Waals surface area contributed by atoms with Gasteiger partial charge in [0, 0.05) is 12.4 Å². The average Bonchev–Trinajstić information content (AvgIpc) is 2.47. The topological polar surface area (TPSA) is 88.6 Å². The number of anilines is 1. The first-order valence-electron chi connectivity index (χ1n) is 6.40. The van der Waals surface area contributed by atoms with Crippen molar-refractivity contribution in [3.63, 3.8) is 0 Å². The molecule has 2 N–H and O–H groups in total. The van der Waals surface area contributed by atoms with E-state index in [1.165, 1.54) is 16.7 Å². The summed E-state index contributed by atoms with van der Waals surface area (Å²) in [7, 11) is -3.77. The van der Waals surface area contributed by atoms with Crippen LogP contribution in [0.3, 0.4) is 0 Å². The predicted molar refractivity (Wildman–Crippen MR) is 81.1 cm³/mol.